The average Bonchev–Trinajstić information content (AvgIpc) is 2.26. The summed E-state index contributed by atoms with van der Waals surface area (Å²) in [6, 6.07) is -0.513. The van der Waals surface area contributed by atoms with Gasteiger partial charge in [-0.05, 0) is 19.3 Å². The maximum atomic E-state index is 12.0. The van der Waals surface area contributed by atoms with Crippen molar-refractivity contribution in [1.29, 1.82) is 0 Å². The Hall–Kier alpha value is -0.340. The molecule has 19 heavy (non-hydrogen) atoms. The second kappa shape index (κ2) is 6.41. The molecule has 0 heterocycles. The van der Waals surface area contributed by atoms with E-state index in [9.17, 15) is 21.6 Å². The highest BCUT2D eigenvalue weighted by atomic mass is 32.2. The van der Waals surface area contributed by atoms with Crippen LogP contribution in [-0.2, 0) is 10.0 Å². The number of nitrogens with zero attached hydrogens (tertiary/aromatic N) is 1. The molecule has 0 saturated heterocycles. The number of alkyl halides is 3. The summed E-state index contributed by atoms with van der Waals surface area (Å²) in [6.45, 7) is 0. The number of hydrogen-bond acceptors (Lipinski definition) is 3. The van der Waals surface area contributed by atoms with E-state index >= 15 is 0 Å². The lowest BCUT2D eigenvalue weighted by Crippen LogP contribution is -2.50. The van der Waals surface area contributed by atoms with Crippen LogP contribution >= 0.6 is 0 Å². The van der Waals surface area contributed by atoms with Gasteiger partial charge < -0.3 is 5.73 Å². The molecule has 1 rings (SSSR count). The van der Waals surface area contributed by atoms with E-state index in [1.54, 1.807) is 0 Å². The van der Waals surface area contributed by atoms with Crippen LogP contribution in [0.5, 0.6) is 0 Å². The van der Waals surface area contributed by atoms with Gasteiger partial charge in [-0.25, -0.2) is 12.7 Å². The SMILES string of the molecule is CN(C1CCCCC1N)S(=O)(=O)CCCC(F)(F)F. The van der Waals surface area contributed by atoms with Crippen molar-refractivity contribution < 1.29 is 21.6 Å². The number of sulfonamides is 1. The lowest BCUT2D eigenvalue weighted by atomic mass is 9.91. The number of hydrogen-bond donors (Lipinski definition) is 1. The lowest BCUT2D eigenvalue weighted by molar-refractivity contribution is -0.134. The molecule has 8 heteroatoms. The molecule has 0 aliphatic heterocycles. The Balaban J connectivity index is 2.56. The van der Waals surface area contributed by atoms with E-state index in [1.165, 1.54) is 11.4 Å². The molecule has 1 aliphatic carbocycles. The second-order valence-electron chi connectivity index (χ2n) is 5.07. The second-order valence-corrected chi connectivity index (χ2v) is 7.21. The van der Waals surface area contributed by atoms with E-state index in [0.29, 0.717) is 6.42 Å². The highest BCUT2D eigenvalue weighted by molar-refractivity contribution is 7.89. The van der Waals surface area contributed by atoms with Gasteiger partial charge in [0.15, 0.2) is 0 Å². The fourth-order valence-electron chi connectivity index (χ4n) is 2.40. The number of halogens is 3. The minimum Gasteiger partial charge on any atom is -0.326 e. The van der Waals surface area contributed by atoms with Crippen molar-refractivity contribution in [3.8, 4) is 0 Å². The van der Waals surface area contributed by atoms with Crippen LogP contribution in [0.2, 0.25) is 0 Å². The van der Waals surface area contributed by atoms with Gasteiger partial charge in [-0.2, -0.15) is 13.2 Å². The first-order valence-electron chi connectivity index (χ1n) is 6.41. The highest BCUT2D eigenvalue weighted by Gasteiger charge is 2.33. The van der Waals surface area contributed by atoms with Crippen molar-refractivity contribution >= 4 is 10.0 Å². The molecule has 114 valence electrons. The van der Waals surface area contributed by atoms with Crippen LogP contribution in [0.3, 0.4) is 0 Å². The molecule has 1 aliphatic rings. The molecule has 0 spiro atoms. The number of likely N-dealkylation sites (N-methyl/N-ethyl adjacent to an activating group) is 1. The van der Waals surface area contributed by atoms with E-state index in [-0.39, 0.29) is 12.1 Å². The van der Waals surface area contributed by atoms with Crippen molar-refractivity contribution in [1.82, 2.24) is 4.31 Å². The van der Waals surface area contributed by atoms with Crippen LogP contribution in [0.4, 0.5) is 13.2 Å². The summed E-state index contributed by atoms with van der Waals surface area (Å²) in [6.07, 6.45) is -2.48. The fourth-order valence-corrected chi connectivity index (χ4v) is 3.87. The largest absolute Gasteiger partial charge is 0.389 e. The Labute approximate surface area is 112 Å². The van der Waals surface area contributed by atoms with Crippen molar-refractivity contribution in [3.63, 3.8) is 0 Å². The number of rotatable bonds is 5. The smallest absolute Gasteiger partial charge is 0.326 e. The summed E-state index contributed by atoms with van der Waals surface area (Å²) in [5.74, 6) is -0.480. The van der Waals surface area contributed by atoms with Crippen LogP contribution in [0.25, 0.3) is 0 Å². The number of nitrogens with two attached hydrogens (primary N) is 1. The molecule has 1 fully saturated rings. The standard InChI is InChI=1S/C11H21F3N2O2S/c1-16(10-6-3-2-5-9(10)15)19(17,18)8-4-7-11(12,13)14/h9-10H,2-8,15H2,1H3. The van der Waals surface area contributed by atoms with Crippen molar-refractivity contribution in [2.75, 3.05) is 12.8 Å². The van der Waals surface area contributed by atoms with Crippen LogP contribution < -0.4 is 5.73 Å². The first-order chi connectivity index (χ1) is 8.63. The Bertz CT molecular complexity index is 384. The van der Waals surface area contributed by atoms with Crippen molar-refractivity contribution in [2.24, 2.45) is 5.73 Å². The fraction of sp³-hybridized carbons (Fsp3) is 1.00. The monoisotopic (exact) mass is 302 g/mol. The Morgan fingerprint density at radius 1 is 1.26 bits per heavy atom. The highest BCUT2D eigenvalue weighted by Crippen LogP contribution is 2.25. The molecule has 0 aromatic rings. The van der Waals surface area contributed by atoms with Crippen LogP contribution in [0.15, 0.2) is 0 Å². The third kappa shape index (κ3) is 5.27. The van der Waals surface area contributed by atoms with Crippen LogP contribution in [-0.4, -0.2) is 43.8 Å². The molecule has 2 atom stereocenters. The van der Waals surface area contributed by atoms with Gasteiger partial charge in [0.1, 0.15) is 0 Å². The van der Waals surface area contributed by atoms with Gasteiger partial charge in [0, 0.05) is 25.6 Å². The quantitative estimate of drug-likeness (QED) is 0.843. The minimum atomic E-state index is -4.31. The third-order valence-corrected chi connectivity index (χ3v) is 5.50. The summed E-state index contributed by atoms with van der Waals surface area (Å²) in [5, 5.41) is 0. The van der Waals surface area contributed by atoms with E-state index in [4.69, 9.17) is 5.73 Å². The Morgan fingerprint density at radius 3 is 2.37 bits per heavy atom. The molecule has 0 radical (unpaired) electrons. The average molecular weight is 302 g/mol. The molecule has 0 amide bonds. The summed E-state index contributed by atoms with van der Waals surface area (Å²) in [4.78, 5) is 0. The summed E-state index contributed by atoms with van der Waals surface area (Å²) >= 11 is 0. The summed E-state index contributed by atoms with van der Waals surface area (Å²) in [7, 11) is -2.25. The molecule has 4 nitrogen and oxygen atoms in total. The normalized spacial score (nSPS) is 25.8. The van der Waals surface area contributed by atoms with Gasteiger partial charge in [-0.15, -0.1) is 0 Å². The maximum absolute atomic E-state index is 12.0. The predicted molar refractivity (Wildman–Crippen MR) is 67.1 cm³/mol. The minimum absolute atomic E-state index is 0.226. The molecule has 0 aromatic heterocycles. The zero-order valence-corrected chi connectivity index (χ0v) is 11.8. The van der Waals surface area contributed by atoms with E-state index in [0.717, 1.165) is 19.3 Å². The first-order valence-corrected chi connectivity index (χ1v) is 8.02. The Morgan fingerprint density at radius 2 is 1.84 bits per heavy atom. The van der Waals surface area contributed by atoms with Gasteiger partial charge in [-0.1, -0.05) is 12.8 Å². The van der Waals surface area contributed by atoms with Gasteiger partial charge in [0.05, 0.1) is 5.75 Å². The molecular formula is C11H21F3N2O2S. The van der Waals surface area contributed by atoms with E-state index in [2.05, 4.69) is 0 Å². The molecule has 0 bridgehead atoms. The van der Waals surface area contributed by atoms with Crippen LogP contribution in [0.1, 0.15) is 38.5 Å². The molecule has 0 aromatic carbocycles. The Kier molecular flexibility index (Phi) is 5.64. The summed E-state index contributed by atoms with van der Waals surface area (Å²) < 4.78 is 61.2. The van der Waals surface area contributed by atoms with Crippen molar-refractivity contribution in [3.05, 3.63) is 0 Å². The van der Waals surface area contributed by atoms with Crippen molar-refractivity contribution in [2.45, 2.75) is 56.8 Å². The van der Waals surface area contributed by atoms with Gasteiger partial charge in [0.2, 0.25) is 10.0 Å². The van der Waals surface area contributed by atoms with Gasteiger partial charge in [0.25, 0.3) is 0 Å². The zero-order chi connectivity index (χ0) is 14.7. The molecule has 2 N–H and O–H groups in total. The van der Waals surface area contributed by atoms with E-state index in [1.807, 2.05) is 0 Å². The summed E-state index contributed by atoms with van der Waals surface area (Å²) in [5.41, 5.74) is 5.89. The topological polar surface area (TPSA) is 63.4 Å². The zero-order valence-electron chi connectivity index (χ0n) is 11.0. The maximum Gasteiger partial charge on any atom is 0.389 e. The molecular weight excluding hydrogens is 281 g/mol. The van der Waals surface area contributed by atoms with Gasteiger partial charge in [-0.3, -0.25) is 0 Å². The van der Waals surface area contributed by atoms with Crippen LogP contribution in [0, 0.1) is 0 Å². The van der Waals surface area contributed by atoms with E-state index < -0.39 is 34.8 Å². The van der Waals surface area contributed by atoms with Gasteiger partial charge >= 0.3 is 6.18 Å². The molecule has 2 unspecified atom stereocenters. The predicted octanol–water partition coefficient (Wildman–Crippen LogP) is 1.86. The molecule has 1 saturated carbocycles. The first kappa shape index (κ1) is 16.7. The third-order valence-electron chi connectivity index (χ3n) is 3.55. The lowest BCUT2D eigenvalue weighted by Gasteiger charge is -2.35.